The lowest BCUT2D eigenvalue weighted by Gasteiger charge is -2.16. The third kappa shape index (κ3) is 3.73. The van der Waals surface area contributed by atoms with E-state index >= 15 is 0 Å². The molecule has 26 heavy (non-hydrogen) atoms. The molecule has 0 fully saturated rings. The molecule has 0 aliphatic carbocycles. The van der Waals surface area contributed by atoms with Gasteiger partial charge in [0.2, 0.25) is 5.91 Å². The second kappa shape index (κ2) is 7.32. The van der Waals surface area contributed by atoms with E-state index in [1.165, 1.54) is 19.2 Å². The van der Waals surface area contributed by atoms with Crippen molar-refractivity contribution in [1.29, 1.82) is 0 Å². The maximum absolute atomic E-state index is 12.5. The summed E-state index contributed by atoms with van der Waals surface area (Å²) >= 11 is 6.76. The average Bonchev–Trinajstić information content (AvgIpc) is 3.05. The predicted octanol–water partition coefficient (Wildman–Crippen LogP) is 3.52. The fraction of sp³-hybridized carbons (Fsp3) is 0.176. The van der Waals surface area contributed by atoms with Gasteiger partial charge in [-0.3, -0.25) is 9.78 Å². The number of aromatic nitrogens is 1. The first kappa shape index (κ1) is 18.8. The first-order valence-corrected chi connectivity index (χ1v) is 10.3. The van der Waals surface area contributed by atoms with Crippen LogP contribution in [0.5, 0.6) is 0 Å². The third-order valence-corrected chi connectivity index (χ3v) is 7.33. The van der Waals surface area contributed by atoms with Gasteiger partial charge in [-0.25, -0.2) is 8.42 Å². The summed E-state index contributed by atoms with van der Waals surface area (Å²) in [7, 11) is -2.40. The van der Waals surface area contributed by atoms with Crippen LogP contribution < -0.4 is 5.32 Å². The standard InChI is InChI=1S/C17H16ClN3O3S2/c1-11-5-6-13(12-4-3-9-19-17(11)12)20-15(22)10-21(2)26(23,24)16-8-7-14(18)25-16/h3-9H,10H2,1-2H3,(H,20,22). The van der Waals surface area contributed by atoms with E-state index in [0.717, 1.165) is 32.1 Å². The van der Waals surface area contributed by atoms with E-state index in [0.29, 0.717) is 10.0 Å². The van der Waals surface area contributed by atoms with Crippen molar-refractivity contribution < 1.29 is 13.2 Å². The number of sulfonamides is 1. The van der Waals surface area contributed by atoms with E-state index in [-0.39, 0.29) is 10.8 Å². The Morgan fingerprint density at radius 2 is 2.04 bits per heavy atom. The number of carbonyl (C=O) groups excluding carboxylic acids is 1. The van der Waals surface area contributed by atoms with Crippen molar-refractivity contribution in [2.45, 2.75) is 11.1 Å². The first-order chi connectivity index (χ1) is 12.3. The Morgan fingerprint density at radius 1 is 1.27 bits per heavy atom. The van der Waals surface area contributed by atoms with Gasteiger partial charge in [0.15, 0.2) is 0 Å². The maximum atomic E-state index is 12.5. The summed E-state index contributed by atoms with van der Waals surface area (Å²) in [5.41, 5.74) is 2.38. The Hall–Kier alpha value is -2.00. The van der Waals surface area contributed by atoms with E-state index in [9.17, 15) is 13.2 Å². The van der Waals surface area contributed by atoms with E-state index in [2.05, 4.69) is 10.3 Å². The molecule has 3 rings (SSSR count). The van der Waals surface area contributed by atoms with Gasteiger partial charge in [0, 0.05) is 18.6 Å². The lowest BCUT2D eigenvalue weighted by Crippen LogP contribution is -2.34. The van der Waals surface area contributed by atoms with Gasteiger partial charge in [0.1, 0.15) is 4.21 Å². The molecule has 0 atom stereocenters. The molecule has 1 N–H and O–H groups in total. The van der Waals surface area contributed by atoms with Gasteiger partial charge in [-0.05, 0) is 42.8 Å². The molecule has 136 valence electrons. The number of nitrogens with zero attached hydrogens (tertiary/aromatic N) is 2. The molecule has 0 aliphatic heterocycles. The van der Waals surface area contributed by atoms with Crippen molar-refractivity contribution in [3.63, 3.8) is 0 Å². The van der Waals surface area contributed by atoms with E-state index in [4.69, 9.17) is 11.6 Å². The molecule has 2 aromatic heterocycles. The number of thiophene rings is 1. The fourth-order valence-corrected chi connectivity index (χ4v) is 5.31. The smallest absolute Gasteiger partial charge is 0.252 e. The Kier molecular flexibility index (Phi) is 5.29. The highest BCUT2D eigenvalue weighted by molar-refractivity contribution is 7.91. The number of hydrogen-bond donors (Lipinski definition) is 1. The van der Waals surface area contributed by atoms with E-state index < -0.39 is 15.9 Å². The first-order valence-electron chi connectivity index (χ1n) is 7.65. The number of anilines is 1. The molecule has 6 nitrogen and oxygen atoms in total. The lowest BCUT2D eigenvalue weighted by atomic mass is 10.1. The zero-order valence-corrected chi connectivity index (χ0v) is 16.5. The summed E-state index contributed by atoms with van der Waals surface area (Å²) in [5, 5.41) is 3.57. The van der Waals surface area contributed by atoms with Crippen LogP contribution in [0.15, 0.2) is 46.8 Å². The number of likely N-dealkylation sites (N-methyl/N-ethyl adjacent to an activating group) is 1. The molecule has 0 saturated carbocycles. The SMILES string of the molecule is Cc1ccc(NC(=O)CN(C)S(=O)(=O)c2ccc(Cl)s2)c2cccnc12. The normalized spacial score (nSPS) is 11.8. The molecular formula is C17H16ClN3O3S2. The monoisotopic (exact) mass is 409 g/mol. The van der Waals surface area contributed by atoms with Crippen LogP contribution in [0.2, 0.25) is 4.34 Å². The second-order valence-corrected chi connectivity index (χ2v) is 9.68. The van der Waals surface area contributed by atoms with Gasteiger partial charge in [-0.2, -0.15) is 4.31 Å². The number of carbonyl (C=O) groups is 1. The Bertz CT molecular complexity index is 1080. The van der Waals surface area contributed by atoms with Crippen molar-refractivity contribution in [1.82, 2.24) is 9.29 Å². The van der Waals surface area contributed by atoms with Crippen molar-refractivity contribution in [2.24, 2.45) is 0 Å². The molecule has 1 aromatic carbocycles. The molecule has 0 bridgehead atoms. The maximum Gasteiger partial charge on any atom is 0.252 e. The van der Waals surface area contributed by atoms with Gasteiger partial charge in [0.05, 0.1) is 22.1 Å². The number of rotatable bonds is 5. The minimum absolute atomic E-state index is 0.0998. The minimum atomic E-state index is -3.76. The van der Waals surface area contributed by atoms with Gasteiger partial charge in [-0.1, -0.05) is 17.7 Å². The van der Waals surface area contributed by atoms with Crippen LogP contribution in [-0.4, -0.2) is 37.2 Å². The summed E-state index contributed by atoms with van der Waals surface area (Å²) in [5.74, 6) is -0.437. The number of benzene rings is 1. The molecule has 0 spiro atoms. The van der Waals surface area contributed by atoms with Crippen LogP contribution >= 0.6 is 22.9 Å². The number of halogens is 1. The van der Waals surface area contributed by atoms with Crippen molar-refractivity contribution in [3.05, 3.63) is 52.5 Å². The molecule has 9 heteroatoms. The largest absolute Gasteiger partial charge is 0.324 e. The van der Waals surface area contributed by atoms with Crippen LogP contribution in [0.25, 0.3) is 10.9 Å². The molecule has 0 saturated heterocycles. The average molecular weight is 410 g/mol. The summed E-state index contributed by atoms with van der Waals surface area (Å²) in [6.07, 6.45) is 1.69. The molecule has 0 aliphatic rings. The van der Waals surface area contributed by atoms with Crippen molar-refractivity contribution in [3.8, 4) is 0 Å². The Morgan fingerprint density at radius 3 is 2.73 bits per heavy atom. The molecular weight excluding hydrogens is 394 g/mol. The topological polar surface area (TPSA) is 79.4 Å². The number of hydrogen-bond acceptors (Lipinski definition) is 5. The van der Waals surface area contributed by atoms with Gasteiger partial charge >= 0.3 is 0 Å². The van der Waals surface area contributed by atoms with E-state index in [1.807, 2.05) is 19.1 Å². The number of amides is 1. The van der Waals surface area contributed by atoms with Crippen LogP contribution in [0, 0.1) is 6.92 Å². The molecule has 2 heterocycles. The fourth-order valence-electron chi connectivity index (χ4n) is 2.49. The third-order valence-electron chi connectivity index (χ3n) is 3.82. The van der Waals surface area contributed by atoms with Gasteiger partial charge in [0.25, 0.3) is 10.0 Å². The quantitative estimate of drug-likeness (QED) is 0.699. The van der Waals surface area contributed by atoms with Crippen molar-refractivity contribution >= 4 is 55.5 Å². The Balaban J connectivity index is 1.78. The number of fused-ring (bicyclic) bond motifs is 1. The van der Waals surface area contributed by atoms with Gasteiger partial charge < -0.3 is 5.32 Å². The lowest BCUT2D eigenvalue weighted by molar-refractivity contribution is -0.116. The second-order valence-electron chi connectivity index (χ2n) is 5.70. The zero-order chi connectivity index (χ0) is 18.9. The molecule has 1 amide bonds. The van der Waals surface area contributed by atoms with Crippen LogP contribution in [0.1, 0.15) is 5.56 Å². The number of aryl methyl sites for hydroxylation is 1. The highest BCUT2D eigenvalue weighted by Gasteiger charge is 2.25. The van der Waals surface area contributed by atoms with Gasteiger partial charge in [-0.15, -0.1) is 11.3 Å². The van der Waals surface area contributed by atoms with Crippen molar-refractivity contribution in [2.75, 3.05) is 18.9 Å². The Labute approximate surface area is 160 Å². The predicted molar refractivity (Wildman–Crippen MR) is 104 cm³/mol. The van der Waals surface area contributed by atoms with Crippen LogP contribution in [0.3, 0.4) is 0 Å². The summed E-state index contributed by atoms with van der Waals surface area (Å²) in [4.78, 5) is 16.7. The summed E-state index contributed by atoms with van der Waals surface area (Å²) in [6, 6.07) is 10.2. The number of pyridine rings is 1. The highest BCUT2D eigenvalue weighted by atomic mass is 35.5. The minimum Gasteiger partial charge on any atom is -0.324 e. The summed E-state index contributed by atoms with van der Waals surface area (Å²) in [6.45, 7) is 1.63. The zero-order valence-electron chi connectivity index (χ0n) is 14.1. The molecule has 0 radical (unpaired) electrons. The van der Waals surface area contributed by atoms with E-state index in [1.54, 1.807) is 18.3 Å². The molecule has 0 unspecified atom stereocenters. The van der Waals surface area contributed by atoms with Crippen LogP contribution in [-0.2, 0) is 14.8 Å². The number of nitrogens with one attached hydrogen (secondary N) is 1. The van der Waals surface area contributed by atoms with Crippen LogP contribution in [0.4, 0.5) is 5.69 Å². The molecule has 3 aromatic rings. The summed E-state index contributed by atoms with van der Waals surface area (Å²) < 4.78 is 26.4. The highest BCUT2D eigenvalue weighted by Crippen LogP contribution is 2.28.